The second-order valence-electron chi connectivity index (χ2n) is 5.63. The number of nitrogens with two attached hydrogens (primary N) is 1. The molecule has 0 bridgehead atoms. The average Bonchev–Trinajstić information content (AvgIpc) is 2.84. The Bertz CT molecular complexity index is 545. The van der Waals surface area contributed by atoms with Crippen LogP contribution in [0.1, 0.15) is 38.2 Å². The van der Waals surface area contributed by atoms with E-state index >= 15 is 0 Å². The quantitative estimate of drug-likeness (QED) is 0.636. The Morgan fingerprint density at radius 2 is 1.96 bits per heavy atom. The lowest BCUT2D eigenvalue weighted by Crippen LogP contribution is -2.38. The van der Waals surface area contributed by atoms with Crippen molar-refractivity contribution in [1.29, 1.82) is 0 Å². The minimum atomic E-state index is -2.92. The van der Waals surface area contributed by atoms with E-state index in [0.717, 1.165) is 25.9 Å². The number of hydrogen-bond acceptors (Lipinski definition) is 3. The number of guanidine groups is 1. The molecule has 1 aliphatic rings. The van der Waals surface area contributed by atoms with Gasteiger partial charge in [-0.25, -0.2) is 4.99 Å². The van der Waals surface area contributed by atoms with Crippen LogP contribution < -0.4 is 15.2 Å². The molecule has 0 amide bonds. The fourth-order valence-corrected chi connectivity index (χ4v) is 2.74. The fourth-order valence-electron chi connectivity index (χ4n) is 2.74. The molecule has 0 aliphatic carbocycles. The number of aliphatic imine (C=N–C) groups is 1. The minimum absolute atomic E-state index is 0.0294. The summed E-state index contributed by atoms with van der Waals surface area (Å²) in [4.78, 5) is 6.42. The first kappa shape index (κ1) is 18.3. The highest BCUT2D eigenvalue weighted by molar-refractivity contribution is 5.78. The molecule has 1 heterocycles. The Hall–Kier alpha value is -2.05. The van der Waals surface area contributed by atoms with Gasteiger partial charge in [-0.05, 0) is 25.8 Å². The first-order chi connectivity index (χ1) is 11.6. The molecular formula is C17H25F2N3O2. The van der Waals surface area contributed by atoms with Gasteiger partial charge in [0.15, 0.2) is 17.5 Å². The van der Waals surface area contributed by atoms with Crippen molar-refractivity contribution in [2.24, 2.45) is 10.7 Å². The number of hydrogen-bond donors (Lipinski definition) is 1. The van der Waals surface area contributed by atoms with Crippen molar-refractivity contribution in [2.75, 3.05) is 19.7 Å². The predicted octanol–water partition coefficient (Wildman–Crippen LogP) is 3.38. The number of alkyl halides is 2. The Morgan fingerprint density at radius 3 is 2.58 bits per heavy atom. The number of benzene rings is 1. The molecule has 134 valence electrons. The molecule has 0 unspecified atom stereocenters. The maximum Gasteiger partial charge on any atom is 0.387 e. The lowest BCUT2D eigenvalue weighted by Gasteiger charge is -2.21. The molecule has 5 nitrogen and oxygen atoms in total. The Kier molecular flexibility index (Phi) is 7.08. The number of rotatable bonds is 6. The van der Waals surface area contributed by atoms with Gasteiger partial charge < -0.3 is 20.1 Å². The van der Waals surface area contributed by atoms with Crippen molar-refractivity contribution in [3.63, 3.8) is 0 Å². The van der Waals surface area contributed by atoms with Gasteiger partial charge in [0, 0.05) is 18.7 Å². The van der Waals surface area contributed by atoms with Gasteiger partial charge in [0.25, 0.3) is 0 Å². The van der Waals surface area contributed by atoms with Crippen LogP contribution in [0.4, 0.5) is 8.78 Å². The minimum Gasteiger partial charge on any atom is -0.490 e. The topological polar surface area (TPSA) is 60.1 Å². The second kappa shape index (κ2) is 9.30. The van der Waals surface area contributed by atoms with Gasteiger partial charge in [0.2, 0.25) is 0 Å². The fraction of sp³-hybridized carbons (Fsp3) is 0.588. The molecule has 0 radical (unpaired) electrons. The summed E-state index contributed by atoms with van der Waals surface area (Å²) in [5.41, 5.74) is 6.60. The van der Waals surface area contributed by atoms with E-state index in [0.29, 0.717) is 23.9 Å². The third-order valence-corrected chi connectivity index (χ3v) is 3.91. The van der Waals surface area contributed by atoms with E-state index < -0.39 is 6.61 Å². The van der Waals surface area contributed by atoms with Crippen LogP contribution in [0.2, 0.25) is 0 Å². The summed E-state index contributed by atoms with van der Waals surface area (Å²) in [5, 5.41) is 0. The zero-order valence-corrected chi connectivity index (χ0v) is 14.0. The van der Waals surface area contributed by atoms with Crippen LogP contribution in [0, 0.1) is 0 Å². The number of nitrogens with zero attached hydrogens (tertiary/aromatic N) is 2. The van der Waals surface area contributed by atoms with Crippen molar-refractivity contribution in [2.45, 2.75) is 45.8 Å². The van der Waals surface area contributed by atoms with Crippen LogP contribution in [-0.2, 0) is 6.54 Å². The Balaban J connectivity index is 2.15. The molecule has 2 N–H and O–H groups in total. The van der Waals surface area contributed by atoms with Crippen LogP contribution in [0.15, 0.2) is 23.2 Å². The molecule has 0 atom stereocenters. The number of likely N-dealkylation sites (tertiary alicyclic amines) is 1. The van der Waals surface area contributed by atoms with Gasteiger partial charge in [0.1, 0.15) is 0 Å². The summed E-state index contributed by atoms with van der Waals surface area (Å²) in [6.07, 6.45) is 4.59. The maximum atomic E-state index is 12.7. The van der Waals surface area contributed by atoms with Gasteiger partial charge in [0.05, 0.1) is 13.2 Å². The summed E-state index contributed by atoms with van der Waals surface area (Å²) in [6, 6.07) is 5.03. The molecule has 0 aromatic heterocycles. The predicted molar refractivity (Wildman–Crippen MR) is 89.6 cm³/mol. The molecule has 1 saturated heterocycles. The van der Waals surface area contributed by atoms with Crippen molar-refractivity contribution in [3.05, 3.63) is 23.8 Å². The molecule has 1 aromatic rings. The van der Waals surface area contributed by atoms with Gasteiger partial charge >= 0.3 is 6.61 Å². The van der Waals surface area contributed by atoms with E-state index in [1.807, 2.05) is 4.90 Å². The lowest BCUT2D eigenvalue weighted by atomic mass is 10.2. The van der Waals surface area contributed by atoms with Crippen molar-refractivity contribution in [3.8, 4) is 11.5 Å². The number of halogens is 2. The van der Waals surface area contributed by atoms with E-state index in [2.05, 4.69) is 9.73 Å². The van der Waals surface area contributed by atoms with Crippen LogP contribution in [0.25, 0.3) is 0 Å². The summed E-state index contributed by atoms with van der Waals surface area (Å²) >= 11 is 0. The van der Waals surface area contributed by atoms with E-state index in [-0.39, 0.29) is 12.3 Å². The Labute approximate surface area is 141 Å². The van der Waals surface area contributed by atoms with Crippen LogP contribution in [0.5, 0.6) is 11.5 Å². The van der Waals surface area contributed by atoms with E-state index in [9.17, 15) is 8.78 Å². The number of ether oxygens (including phenoxy) is 2. The zero-order chi connectivity index (χ0) is 17.4. The van der Waals surface area contributed by atoms with Crippen LogP contribution in [0.3, 0.4) is 0 Å². The van der Waals surface area contributed by atoms with Gasteiger partial charge in [-0.3, -0.25) is 0 Å². The second-order valence-corrected chi connectivity index (χ2v) is 5.63. The molecule has 1 fully saturated rings. The van der Waals surface area contributed by atoms with Crippen molar-refractivity contribution < 1.29 is 18.3 Å². The molecule has 0 spiro atoms. The molecule has 2 rings (SSSR count). The van der Waals surface area contributed by atoms with E-state index in [4.69, 9.17) is 10.5 Å². The molecule has 1 aromatic carbocycles. The van der Waals surface area contributed by atoms with Gasteiger partial charge in [-0.15, -0.1) is 0 Å². The van der Waals surface area contributed by atoms with E-state index in [1.165, 1.54) is 12.8 Å². The summed E-state index contributed by atoms with van der Waals surface area (Å²) < 4.78 is 35.4. The first-order valence-electron chi connectivity index (χ1n) is 8.36. The van der Waals surface area contributed by atoms with Gasteiger partial charge in [-0.1, -0.05) is 25.0 Å². The summed E-state index contributed by atoms with van der Waals surface area (Å²) in [7, 11) is 0. The SMILES string of the molecule is CCOc1cccc(CN=C(N)N2CCCCCC2)c1OC(F)F. The summed E-state index contributed by atoms with van der Waals surface area (Å²) in [5.74, 6) is 0.766. The van der Waals surface area contributed by atoms with Crippen molar-refractivity contribution in [1.82, 2.24) is 4.90 Å². The zero-order valence-electron chi connectivity index (χ0n) is 14.0. The molecule has 24 heavy (non-hydrogen) atoms. The van der Waals surface area contributed by atoms with Gasteiger partial charge in [-0.2, -0.15) is 8.78 Å². The molecule has 1 aliphatic heterocycles. The first-order valence-corrected chi connectivity index (χ1v) is 8.36. The third-order valence-electron chi connectivity index (χ3n) is 3.91. The smallest absolute Gasteiger partial charge is 0.387 e. The highest BCUT2D eigenvalue weighted by Gasteiger charge is 2.16. The normalized spacial score (nSPS) is 16.2. The van der Waals surface area contributed by atoms with Crippen LogP contribution >= 0.6 is 0 Å². The monoisotopic (exact) mass is 341 g/mol. The average molecular weight is 341 g/mol. The molecule has 0 saturated carbocycles. The lowest BCUT2D eigenvalue weighted by molar-refractivity contribution is -0.0520. The highest BCUT2D eigenvalue weighted by Crippen LogP contribution is 2.33. The standard InChI is InChI=1S/C17H25F2N3O2/c1-2-23-14-9-7-8-13(15(14)24-16(18)19)12-21-17(20)22-10-5-3-4-6-11-22/h7-9,16H,2-6,10-12H2,1H3,(H2,20,21). The van der Waals surface area contributed by atoms with E-state index in [1.54, 1.807) is 25.1 Å². The van der Waals surface area contributed by atoms with Crippen LogP contribution in [-0.4, -0.2) is 37.2 Å². The number of para-hydroxylation sites is 1. The molecular weight excluding hydrogens is 316 g/mol. The highest BCUT2D eigenvalue weighted by atomic mass is 19.3. The third kappa shape index (κ3) is 5.25. The maximum absolute atomic E-state index is 12.7. The summed E-state index contributed by atoms with van der Waals surface area (Å²) in [6.45, 7) is 1.17. The molecule has 7 heteroatoms. The Morgan fingerprint density at radius 1 is 1.25 bits per heavy atom. The van der Waals surface area contributed by atoms with Crippen molar-refractivity contribution >= 4 is 5.96 Å². The largest absolute Gasteiger partial charge is 0.490 e.